The third-order valence-corrected chi connectivity index (χ3v) is 5.13. The summed E-state index contributed by atoms with van der Waals surface area (Å²) in [5.74, 6) is 0.137. The Balaban J connectivity index is 1.78. The highest BCUT2D eigenvalue weighted by atomic mass is 35.5. The first kappa shape index (κ1) is 15.6. The van der Waals surface area contributed by atoms with Crippen LogP contribution < -0.4 is 4.90 Å². The van der Waals surface area contributed by atoms with Gasteiger partial charge in [-0.3, -0.25) is 9.59 Å². The molecule has 0 spiro atoms. The zero-order valence-electron chi connectivity index (χ0n) is 12.4. The molecular formula is C16H18Cl2N2O2. The maximum atomic E-state index is 12.6. The number of hydrogen-bond acceptors (Lipinski definition) is 2. The van der Waals surface area contributed by atoms with Gasteiger partial charge in [-0.05, 0) is 38.0 Å². The molecule has 1 saturated carbocycles. The normalized spacial score (nSPS) is 22.7. The summed E-state index contributed by atoms with van der Waals surface area (Å²) in [5.41, 5.74) is 0.652. The van der Waals surface area contributed by atoms with Gasteiger partial charge in [0.25, 0.3) is 0 Å². The molecule has 3 rings (SSSR count). The summed E-state index contributed by atoms with van der Waals surface area (Å²) in [6, 6.07) is 4.64. The van der Waals surface area contributed by atoms with E-state index in [9.17, 15) is 9.59 Å². The largest absolute Gasteiger partial charge is 0.329 e. The van der Waals surface area contributed by atoms with Crippen LogP contribution in [0.4, 0.5) is 5.69 Å². The van der Waals surface area contributed by atoms with Crippen molar-refractivity contribution in [3.05, 3.63) is 28.2 Å². The Morgan fingerprint density at radius 3 is 2.55 bits per heavy atom. The number of rotatable bonds is 2. The monoisotopic (exact) mass is 340 g/mol. The molecule has 0 bridgehead atoms. The zero-order chi connectivity index (χ0) is 15.9. The van der Waals surface area contributed by atoms with Crippen LogP contribution in [0.1, 0.15) is 26.2 Å². The zero-order valence-corrected chi connectivity index (χ0v) is 13.9. The molecule has 4 nitrogen and oxygen atoms in total. The summed E-state index contributed by atoms with van der Waals surface area (Å²) in [6.45, 7) is 2.79. The standard InChI is InChI=1S/C16H18Cl2N2O2/c1-10-15(21)20(14-6-5-12(17)9-13(14)18)8-7-19(10)16(22)11-3-2-4-11/h5-6,9-11H,2-4,7-8H2,1H3/t10-/m1/s1. The van der Waals surface area contributed by atoms with E-state index in [1.165, 1.54) is 0 Å². The van der Waals surface area contributed by atoms with Crippen molar-refractivity contribution >= 4 is 40.7 Å². The minimum Gasteiger partial charge on any atom is -0.329 e. The fourth-order valence-corrected chi connectivity index (χ4v) is 3.51. The maximum Gasteiger partial charge on any atom is 0.249 e. The van der Waals surface area contributed by atoms with Crippen LogP contribution >= 0.6 is 23.2 Å². The fraction of sp³-hybridized carbons (Fsp3) is 0.500. The molecule has 1 aromatic carbocycles. The number of halogens is 2. The van der Waals surface area contributed by atoms with Crippen molar-refractivity contribution in [3.8, 4) is 0 Å². The van der Waals surface area contributed by atoms with Crippen LogP contribution in [0, 0.1) is 5.92 Å². The molecule has 118 valence electrons. The summed E-state index contributed by atoms with van der Waals surface area (Å²) in [7, 11) is 0. The lowest BCUT2D eigenvalue weighted by Gasteiger charge is -2.42. The van der Waals surface area contributed by atoms with E-state index >= 15 is 0 Å². The van der Waals surface area contributed by atoms with Crippen molar-refractivity contribution in [2.45, 2.75) is 32.2 Å². The Bertz CT molecular complexity index is 616. The highest BCUT2D eigenvalue weighted by molar-refractivity contribution is 6.36. The average Bonchev–Trinajstić information content (AvgIpc) is 2.40. The predicted octanol–water partition coefficient (Wildman–Crippen LogP) is 3.36. The second-order valence-corrected chi connectivity index (χ2v) is 6.76. The molecule has 0 radical (unpaired) electrons. The summed E-state index contributed by atoms with van der Waals surface area (Å²) < 4.78 is 0. The maximum absolute atomic E-state index is 12.6. The summed E-state index contributed by atoms with van der Waals surface area (Å²) in [5, 5.41) is 0.986. The molecule has 1 aliphatic carbocycles. The molecule has 2 fully saturated rings. The van der Waals surface area contributed by atoms with E-state index in [1.54, 1.807) is 34.9 Å². The van der Waals surface area contributed by atoms with Gasteiger partial charge < -0.3 is 9.80 Å². The Hall–Kier alpha value is -1.26. The molecule has 1 atom stereocenters. The van der Waals surface area contributed by atoms with Gasteiger partial charge in [-0.2, -0.15) is 0 Å². The molecule has 2 amide bonds. The van der Waals surface area contributed by atoms with Gasteiger partial charge in [-0.1, -0.05) is 29.6 Å². The van der Waals surface area contributed by atoms with Crippen molar-refractivity contribution in [2.75, 3.05) is 18.0 Å². The molecule has 6 heteroatoms. The van der Waals surface area contributed by atoms with E-state index in [0.717, 1.165) is 19.3 Å². The molecule has 1 saturated heterocycles. The van der Waals surface area contributed by atoms with Crippen molar-refractivity contribution in [2.24, 2.45) is 5.92 Å². The van der Waals surface area contributed by atoms with Gasteiger partial charge in [0.15, 0.2) is 0 Å². The van der Waals surface area contributed by atoms with E-state index in [0.29, 0.717) is 28.8 Å². The fourth-order valence-electron chi connectivity index (χ4n) is 3.00. The van der Waals surface area contributed by atoms with Crippen LogP contribution in [-0.2, 0) is 9.59 Å². The Kier molecular flexibility index (Phi) is 4.33. The number of piperazine rings is 1. The number of carbonyl (C=O) groups is 2. The third kappa shape index (κ3) is 2.70. The van der Waals surface area contributed by atoms with E-state index in [4.69, 9.17) is 23.2 Å². The van der Waals surface area contributed by atoms with Gasteiger partial charge in [-0.25, -0.2) is 0 Å². The summed E-state index contributed by atoms with van der Waals surface area (Å²) >= 11 is 12.1. The Morgan fingerprint density at radius 1 is 1.23 bits per heavy atom. The van der Waals surface area contributed by atoms with Crippen LogP contribution in [0.15, 0.2) is 18.2 Å². The van der Waals surface area contributed by atoms with E-state index in [2.05, 4.69) is 0 Å². The van der Waals surface area contributed by atoms with Gasteiger partial charge in [-0.15, -0.1) is 0 Å². The van der Waals surface area contributed by atoms with Gasteiger partial charge in [0, 0.05) is 24.0 Å². The minimum absolute atomic E-state index is 0.0943. The number of nitrogens with zero attached hydrogens (tertiary/aromatic N) is 2. The minimum atomic E-state index is -0.450. The van der Waals surface area contributed by atoms with Crippen LogP contribution in [0.5, 0.6) is 0 Å². The van der Waals surface area contributed by atoms with Crippen LogP contribution in [0.25, 0.3) is 0 Å². The predicted molar refractivity (Wildman–Crippen MR) is 87.3 cm³/mol. The second kappa shape index (κ2) is 6.09. The lowest BCUT2D eigenvalue weighted by Crippen LogP contribution is -2.59. The highest BCUT2D eigenvalue weighted by Crippen LogP contribution is 2.33. The van der Waals surface area contributed by atoms with Gasteiger partial charge in [0.05, 0.1) is 10.7 Å². The van der Waals surface area contributed by atoms with Gasteiger partial charge in [0.1, 0.15) is 6.04 Å². The quantitative estimate of drug-likeness (QED) is 0.828. The molecule has 1 heterocycles. The average molecular weight is 341 g/mol. The molecule has 0 unspecified atom stereocenters. The lowest BCUT2D eigenvalue weighted by atomic mass is 9.84. The Morgan fingerprint density at radius 2 is 1.95 bits per heavy atom. The van der Waals surface area contributed by atoms with Gasteiger partial charge in [0.2, 0.25) is 11.8 Å². The number of benzene rings is 1. The Labute approximate surface area is 140 Å². The number of anilines is 1. The van der Waals surface area contributed by atoms with Crippen LogP contribution in [0.3, 0.4) is 0 Å². The summed E-state index contributed by atoms with van der Waals surface area (Å²) in [4.78, 5) is 28.4. The number of carbonyl (C=O) groups excluding carboxylic acids is 2. The van der Waals surface area contributed by atoms with E-state index in [1.807, 2.05) is 0 Å². The smallest absolute Gasteiger partial charge is 0.249 e. The first-order valence-corrected chi connectivity index (χ1v) is 8.31. The molecule has 0 aromatic heterocycles. The molecule has 0 N–H and O–H groups in total. The first-order valence-electron chi connectivity index (χ1n) is 7.56. The number of amides is 2. The van der Waals surface area contributed by atoms with E-state index in [-0.39, 0.29) is 17.7 Å². The van der Waals surface area contributed by atoms with Crippen LogP contribution in [-0.4, -0.2) is 35.8 Å². The molecular weight excluding hydrogens is 323 g/mol. The number of hydrogen-bond donors (Lipinski definition) is 0. The highest BCUT2D eigenvalue weighted by Gasteiger charge is 2.39. The third-order valence-electron chi connectivity index (χ3n) is 4.59. The molecule has 1 aromatic rings. The van der Waals surface area contributed by atoms with Crippen molar-refractivity contribution in [1.29, 1.82) is 0 Å². The van der Waals surface area contributed by atoms with Crippen molar-refractivity contribution in [1.82, 2.24) is 4.90 Å². The topological polar surface area (TPSA) is 40.6 Å². The molecule has 22 heavy (non-hydrogen) atoms. The first-order chi connectivity index (χ1) is 10.5. The van der Waals surface area contributed by atoms with Gasteiger partial charge >= 0.3 is 0 Å². The van der Waals surface area contributed by atoms with Crippen molar-refractivity contribution < 1.29 is 9.59 Å². The summed E-state index contributed by atoms with van der Waals surface area (Å²) in [6.07, 6.45) is 3.00. The molecule has 1 aliphatic heterocycles. The van der Waals surface area contributed by atoms with Crippen LogP contribution in [0.2, 0.25) is 10.0 Å². The van der Waals surface area contributed by atoms with Crippen molar-refractivity contribution in [3.63, 3.8) is 0 Å². The second-order valence-electron chi connectivity index (χ2n) is 5.92. The molecule has 2 aliphatic rings. The SMILES string of the molecule is C[C@@H]1C(=O)N(c2ccc(Cl)cc2Cl)CCN1C(=O)C1CCC1. The lowest BCUT2D eigenvalue weighted by molar-refractivity contribution is -0.146. The van der Waals surface area contributed by atoms with E-state index < -0.39 is 6.04 Å².